The number of benzene rings is 1. The van der Waals surface area contributed by atoms with E-state index >= 15 is 0 Å². The van der Waals surface area contributed by atoms with Gasteiger partial charge in [-0.3, -0.25) is 4.79 Å². The minimum atomic E-state index is -0.918. The molecule has 3 rings (SSSR count). The predicted molar refractivity (Wildman–Crippen MR) is 78.4 cm³/mol. The lowest BCUT2D eigenvalue weighted by Gasteiger charge is -2.23. The number of carbonyl (C=O) groups excluding carboxylic acids is 1. The van der Waals surface area contributed by atoms with Crippen molar-refractivity contribution in [2.45, 2.75) is 50.8 Å². The first-order valence-electron chi connectivity index (χ1n) is 7.38. The Morgan fingerprint density at radius 2 is 2.00 bits per heavy atom. The summed E-state index contributed by atoms with van der Waals surface area (Å²) >= 11 is 0. The molecule has 0 bridgehead atoms. The number of Topliss-reactive ketones (excluding diaryl/α,β-unsaturated/α-hetero) is 1. The molecule has 2 fully saturated rings. The molecule has 0 amide bonds. The first-order chi connectivity index (χ1) is 11.0. The molecule has 0 unspecified atom stereocenters. The van der Waals surface area contributed by atoms with E-state index in [1.54, 1.807) is 13.8 Å². The van der Waals surface area contributed by atoms with Gasteiger partial charge in [0, 0.05) is 0 Å². The largest absolute Gasteiger partial charge is 0.361 e. The highest BCUT2D eigenvalue weighted by Gasteiger charge is 2.58. The monoisotopic (exact) mass is 318 g/mol. The molecular weight excluding hydrogens is 300 g/mol. The molecule has 2 heterocycles. The first kappa shape index (κ1) is 16.0. The summed E-state index contributed by atoms with van der Waals surface area (Å²) in [6, 6.07) is 9.62. The van der Waals surface area contributed by atoms with Gasteiger partial charge in [-0.2, -0.15) is 4.79 Å². The molecule has 7 heteroatoms. The fourth-order valence-electron chi connectivity index (χ4n) is 2.81. The summed E-state index contributed by atoms with van der Waals surface area (Å²) in [5, 5.41) is 0. The third kappa shape index (κ3) is 3.39. The molecule has 1 aromatic carbocycles. The second-order valence-corrected chi connectivity index (χ2v) is 5.93. The third-order valence-electron chi connectivity index (χ3n) is 3.73. The molecule has 0 aromatic heterocycles. The zero-order valence-electron chi connectivity index (χ0n) is 12.9. The quantitative estimate of drug-likeness (QED) is 0.464. The molecule has 4 atom stereocenters. The Kier molecular flexibility index (Phi) is 4.39. The van der Waals surface area contributed by atoms with Crippen molar-refractivity contribution in [3.63, 3.8) is 0 Å². The van der Waals surface area contributed by atoms with Gasteiger partial charge < -0.3 is 24.5 Å². The lowest BCUT2D eigenvalue weighted by atomic mass is 10.1. The zero-order valence-corrected chi connectivity index (χ0v) is 12.9. The fourth-order valence-corrected chi connectivity index (χ4v) is 2.81. The van der Waals surface area contributed by atoms with Crippen molar-refractivity contribution in [1.29, 1.82) is 0 Å². The summed E-state index contributed by atoms with van der Waals surface area (Å²) in [6.07, 6.45) is -1.97. The van der Waals surface area contributed by atoms with Crippen LogP contribution < -0.4 is 0 Å². The van der Waals surface area contributed by atoms with Crippen LogP contribution in [0.3, 0.4) is 0 Å². The lowest BCUT2D eigenvalue weighted by Crippen LogP contribution is -2.36. The number of ether oxygens (including phenoxy) is 4. The van der Waals surface area contributed by atoms with Gasteiger partial charge in [0.15, 0.2) is 18.2 Å². The van der Waals surface area contributed by atoms with Crippen molar-refractivity contribution in [1.82, 2.24) is 0 Å². The molecule has 1 aromatic rings. The average molecular weight is 318 g/mol. The molecule has 23 heavy (non-hydrogen) atoms. The minimum Gasteiger partial charge on any atom is -0.361 e. The number of nitrogens with zero attached hydrogens (tertiary/aromatic N) is 2. The van der Waals surface area contributed by atoms with Crippen LogP contribution >= 0.6 is 0 Å². The number of rotatable bonds is 5. The average Bonchev–Trinajstić information content (AvgIpc) is 3.00. The predicted octanol–water partition coefficient (Wildman–Crippen LogP) is 1.32. The second-order valence-electron chi connectivity index (χ2n) is 5.93. The number of hydrogen-bond acceptors (Lipinski definition) is 5. The Morgan fingerprint density at radius 3 is 2.70 bits per heavy atom. The van der Waals surface area contributed by atoms with E-state index in [0.29, 0.717) is 6.61 Å². The molecule has 0 radical (unpaired) electrons. The van der Waals surface area contributed by atoms with Crippen LogP contribution in [0.5, 0.6) is 0 Å². The number of fused-ring (bicyclic) bond motifs is 1. The maximum absolute atomic E-state index is 12.0. The minimum absolute atomic E-state index is 0.327. The van der Waals surface area contributed by atoms with Crippen molar-refractivity contribution in [3.05, 3.63) is 41.4 Å². The van der Waals surface area contributed by atoms with Gasteiger partial charge in [0.2, 0.25) is 0 Å². The number of hydrogen-bond donors (Lipinski definition) is 0. The van der Waals surface area contributed by atoms with E-state index in [9.17, 15) is 4.79 Å². The van der Waals surface area contributed by atoms with Gasteiger partial charge in [0.1, 0.15) is 12.2 Å². The summed E-state index contributed by atoms with van der Waals surface area (Å²) in [5.41, 5.74) is 9.53. The first-order valence-corrected chi connectivity index (χ1v) is 7.38. The molecule has 0 saturated carbocycles. The maximum Gasteiger partial charge on any atom is 0.326 e. The molecule has 0 N–H and O–H groups in total. The van der Waals surface area contributed by atoms with Gasteiger partial charge in [0.05, 0.1) is 6.61 Å². The van der Waals surface area contributed by atoms with Crippen molar-refractivity contribution in [2.75, 3.05) is 0 Å². The summed E-state index contributed by atoms with van der Waals surface area (Å²) < 4.78 is 22.9. The van der Waals surface area contributed by atoms with Crippen LogP contribution in [0, 0.1) is 0 Å². The molecule has 2 aliphatic heterocycles. The van der Waals surface area contributed by atoms with Gasteiger partial charge >= 0.3 is 6.21 Å². The molecule has 0 spiro atoms. The van der Waals surface area contributed by atoms with Gasteiger partial charge in [-0.25, -0.2) is 0 Å². The summed E-state index contributed by atoms with van der Waals surface area (Å²) in [6.45, 7) is 3.86. The van der Waals surface area contributed by atoms with E-state index in [1.165, 1.54) is 0 Å². The fraction of sp³-hybridized carbons (Fsp3) is 0.500. The smallest absolute Gasteiger partial charge is 0.326 e. The maximum atomic E-state index is 12.0. The molecule has 0 aliphatic carbocycles. The van der Waals surface area contributed by atoms with Crippen molar-refractivity contribution in [3.8, 4) is 0 Å². The highest BCUT2D eigenvalue weighted by atomic mass is 16.8. The van der Waals surface area contributed by atoms with E-state index in [4.69, 9.17) is 24.5 Å². The lowest BCUT2D eigenvalue weighted by molar-refractivity contribution is -0.233. The summed E-state index contributed by atoms with van der Waals surface area (Å²) in [7, 11) is 0. The summed E-state index contributed by atoms with van der Waals surface area (Å²) in [4.78, 5) is 14.8. The van der Waals surface area contributed by atoms with Crippen LogP contribution in [-0.4, -0.2) is 47.2 Å². The molecular formula is C16H18N2O5. The summed E-state index contributed by atoms with van der Waals surface area (Å²) in [5.74, 6) is -1.32. The number of carbonyl (C=O) groups is 1. The zero-order chi connectivity index (χ0) is 16.4. The van der Waals surface area contributed by atoms with Crippen LogP contribution in [0.1, 0.15) is 19.4 Å². The van der Waals surface area contributed by atoms with E-state index in [-0.39, 0.29) is 0 Å². The Morgan fingerprint density at radius 1 is 1.30 bits per heavy atom. The van der Waals surface area contributed by atoms with E-state index < -0.39 is 36.2 Å². The van der Waals surface area contributed by atoms with Crippen molar-refractivity contribution in [2.24, 2.45) is 0 Å². The van der Waals surface area contributed by atoms with Crippen molar-refractivity contribution < 1.29 is 28.5 Å². The van der Waals surface area contributed by atoms with Gasteiger partial charge in [-0.15, -0.1) is 0 Å². The normalized spacial score (nSPS) is 31.4. The van der Waals surface area contributed by atoms with Crippen LogP contribution in [0.25, 0.3) is 5.53 Å². The highest BCUT2D eigenvalue weighted by molar-refractivity contribution is 6.27. The molecule has 122 valence electrons. The number of ketones is 1. The van der Waals surface area contributed by atoms with Crippen LogP contribution in [-0.2, 0) is 30.3 Å². The third-order valence-corrected chi connectivity index (χ3v) is 3.73. The van der Waals surface area contributed by atoms with E-state index in [1.807, 2.05) is 30.3 Å². The molecule has 2 aliphatic rings. The standard InChI is InChI=1S/C16H18N2O5/c1-16(2)22-13-12(11(19)8-18-17)21-15(14(13)23-16)20-9-10-6-4-3-5-7-10/h3-8,12-15H,9H2,1-2H3/t12-,13-,14-,15-/m0/s1. The van der Waals surface area contributed by atoms with E-state index in [2.05, 4.69) is 4.79 Å². The Bertz CT molecular complexity index is 627. The second kappa shape index (κ2) is 6.31. The molecule has 2 saturated heterocycles. The highest BCUT2D eigenvalue weighted by Crippen LogP contribution is 2.39. The SMILES string of the molecule is CC1(C)O[C@@H]2[C@@H](OCc3ccccc3)O[C@@H](C(=O)C=[N+]=[N-])[C@@H]2O1. The van der Waals surface area contributed by atoms with E-state index in [0.717, 1.165) is 11.8 Å². The van der Waals surface area contributed by atoms with Gasteiger partial charge in [0.25, 0.3) is 5.78 Å². The Hall–Kier alpha value is -1.89. The van der Waals surface area contributed by atoms with Gasteiger partial charge in [-0.05, 0) is 19.4 Å². The Labute approximate surface area is 133 Å². The van der Waals surface area contributed by atoms with Gasteiger partial charge in [-0.1, -0.05) is 30.3 Å². The van der Waals surface area contributed by atoms with Crippen molar-refractivity contribution >= 4 is 12.0 Å². The molecule has 7 nitrogen and oxygen atoms in total. The van der Waals surface area contributed by atoms with Crippen LogP contribution in [0.2, 0.25) is 0 Å². The Balaban J connectivity index is 1.73. The van der Waals surface area contributed by atoms with Crippen LogP contribution in [0.15, 0.2) is 30.3 Å². The topological polar surface area (TPSA) is 90.4 Å². The van der Waals surface area contributed by atoms with Crippen LogP contribution in [0.4, 0.5) is 0 Å².